The first-order valence-corrected chi connectivity index (χ1v) is 38.9. The molecule has 122 heavy (non-hydrogen) atoms. The highest BCUT2D eigenvalue weighted by Crippen LogP contribution is 2.25. The molecule has 0 aliphatic rings. The topological polar surface area (TPSA) is 402 Å². The van der Waals surface area contributed by atoms with Crippen LogP contribution in [-0.2, 0) is 67.1 Å². The van der Waals surface area contributed by atoms with Crippen LogP contribution >= 0.6 is 0 Å². The summed E-state index contributed by atoms with van der Waals surface area (Å²) in [7, 11) is 1.16. The van der Waals surface area contributed by atoms with Gasteiger partial charge in [-0.3, -0.25) is 57.5 Å². The van der Waals surface area contributed by atoms with E-state index in [1.54, 1.807) is 158 Å². The van der Waals surface area contributed by atoms with Crippen molar-refractivity contribution in [3.63, 3.8) is 0 Å². The van der Waals surface area contributed by atoms with Gasteiger partial charge in [-0.25, -0.2) is 4.79 Å². The van der Waals surface area contributed by atoms with Gasteiger partial charge in [-0.1, -0.05) is 231 Å². The number of hydrogen-bond donors (Lipinski definition) is 13. The van der Waals surface area contributed by atoms with Gasteiger partial charge in [0.1, 0.15) is 67.4 Å². The van der Waals surface area contributed by atoms with E-state index in [9.17, 15) is 62.3 Å². The Morgan fingerprint density at radius 1 is 0.230 bits per heavy atom. The molecule has 0 aliphatic carbocycles. The minimum Gasteiger partial charge on any atom is -0.467 e. The van der Waals surface area contributed by atoms with Gasteiger partial charge in [-0.2, -0.15) is 0 Å². The number of methoxy groups -OCH3 is 1. The average Bonchev–Trinajstić information content (AvgIpc) is 0.819. The summed E-state index contributed by atoms with van der Waals surface area (Å²) >= 11 is 0. The fourth-order valence-electron chi connectivity index (χ4n) is 11.3. The van der Waals surface area contributed by atoms with Crippen LogP contribution in [-0.4, -0.2) is 123 Å². The first-order chi connectivity index (χ1) is 57.3. The molecular weight excluding hydrogens is 1550 g/mol. The molecule has 14 N–H and O–H groups in total. The summed E-state index contributed by atoms with van der Waals surface area (Å²) in [4.78, 5) is 187. The van der Waals surface area contributed by atoms with Crippen LogP contribution in [0, 0.1) is 0 Å². The normalized spacial score (nSPS) is 12.7. The number of carbonyl (C=O) groups is 13. The van der Waals surface area contributed by atoms with E-state index in [1.807, 2.05) is 72.8 Å². The fourth-order valence-corrected chi connectivity index (χ4v) is 11.3. The maximum atomic E-state index is 14.9. The van der Waals surface area contributed by atoms with E-state index in [1.165, 1.54) is 133 Å². The molecule has 0 atom stereocenters. The second-order valence-corrected chi connectivity index (χ2v) is 32.4. The molecule has 0 unspecified atom stereocenters. The highest BCUT2D eigenvalue weighted by molar-refractivity contribution is 6.12. The Kier molecular flexibility index (Phi) is 30.5. The van der Waals surface area contributed by atoms with Crippen molar-refractivity contribution >= 4 is 113 Å². The van der Waals surface area contributed by atoms with E-state index in [-0.39, 0.29) is 17.1 Å². The third kappa shape index (κ3) is 26.6. The van der Waals surface area contributed by atoms with E-state index in [2.05, 4.69) is 63.8 Å². The Labute approximate surface area is 709 Å². The van der Waals surface area contributed by atoms with Crippen LogP contribution in [0.2, 0.25) is 0 Å². The molecule has 8 aromatic rings. The third-order valence-electron chi connectivity index (χ3n) is 18.7. The largest absolute Gasteiger partial charge is 0.467 e. The molecule has 0 bridgehead atoms. The monoisotopic (exact) mass is 1650 g/mol. The van der Waals surface area contributed by atoms with Crippen LogP contribution in [0.4, 0.5) is 0 Å². The van der Waals surface area contributed by atoms with E-state index < -0.39 is 133 Å². The quantitative estimate of drug-likeness (QED) is 0.0134. The Bertz CT molecular complexity index is 5420. The SMILES string of the molecule is COC(=O)C(C)(C)NC(=O)/C(=C/c1ccc(-c2ccccc2)cc1)NC(=O)C(C)(C)NC(=O)/C(=C/c1ccc(-c2ccccc2)cc1)NC(=O)C(C)(C)NC(=O)/C(=C/c1ccccc1)NC(=O)C(C)(C)NC(=O)/C(=C/c1ccccc1)NC(=O)C(C)(C)NC(=O)/C(=C/c1ccccc1)NC(=O)C(C)(C)NC(=O)/C(=C/c1ccccc1)NC(=O)C(C)(C)N. The molecule has 27 nitrogen and oxygen atoms in total. The van der Waals surface area contributed by atoms with Gasteiger partial charge in [0.15, 0.2) is 0 Å². The van der Waals surface area contributed by atoms with E-state index in [0.29, 0.717) is 33.4 Å². The molecule has 0 fully saturated rings. The summed E-state index contributed by atoms with van der Waals surface area (Å²) in [5.41, 5.74) is -2.63. The van der Waals surface area contributed by atoms with Gasteiger partial charge in [0.2, 0.25) is 35.4 Å². The van der Waals surface area contributed by atoms with Crippen LogP contribution in [0.25, 0.3) is 58.7 Å². The molecule has 8 aromatic carbocycles. The molecule has 0 saturated carbocycles. The average molecular weight is 1650 g/mol. The van der Waals surface area contributed by atoms with Crippen molar-refractivity contribution in [1.29, 1.82) is 0 Å². The predicted molar refractivity (Wildman–Crippen MR) is 470 cm³/mol. The number of ether oxygens (including phenoxy) is 1. The minimum absolute atomic E-state index is 0.244. The number of amides is 12. The van der Waals surface area contributed by atoms with Gasteiger partial charge in [-0.05, 0) is 189 Å². The van der Waals surface area contributed by atoms with Gasteiger partial charge < -0.3 is 74.3 Å². The fraction of sp³-hybridized carbons (Fsp3) is 0.232. The molecule has 0 aliphatic heterocycles. The first kappa shape index (κ1) is 92.8. The molecule has 12 amide bonds. The lowest BCUT2D eigenvalue weighted by atomic mass is 10.0. The van der Waals surface area contributed by atoms with Crippen molar-refractivity contribution in [1.82, 2.24) is 63.8 Å². The molecule has 0 saturated heterocycles. The lowest BCUT2D eigenvalue weighted by Crippen LogP contribution is -2.60. The summed E-state index contributed by atoms with van der Waals surface area (Å²) in [5.74, 6) is -12.1. The van der Waals surface area contributed by atoms with E-state index >= 15 is 0 Å². The number of nitrogens with one attached hydrogen (secondary N) is 12. The lowest BCUT2D eigenvalue weighted by molar-refractivity contribution is -0.149. The van der Waals surface area contributed by atoms with E-state index in [0.717, 1.165) is 29.4 Å². The second kappa shape index (κ2) is 40.1. The smallest absolute Gasteiger partial charge is 0.330 e. The van der Waals surface area contributed by atoms with E-state index in [4.69, 9.17) is 10.5 Å². The number of nitrogens with two attached hydrogens (primary N) is 1. The van der Waals surface area contributed by atoms with Crippen LogP contribution in [0.15, 0.2) is 265 Å². The van der Waals surface area contributed by atoms with Crippen molar-refractivity contribution in [2.45, 2.75) is 136 Å². The number of rotatable bonds is 33. The van der Waals surface area contributed by atoms with Gasteiger partial charge in [0, 0.05) is 0 Å². The minimum atomic E-state index is -1.97. The van der Waals surface area contributed by atoms with Gasteiger partial charge >= 0.3 is 5.97 Å². The van der Waals surface area contributed by atoms with Crippen molar-refractivity contribution in [3.05, 3.63) is 298 Å². The second-order valence-electron chi connectivity index (χ2n) is 32.4. The van der Waals surface area contributed by atoms with Crippen molar-refractivity contribution in [2.24, 2.45) is 5.73 Å². The van der Waals surface area contributed by atoms with Gasteiger partial charge in [0.25, 0.3) is 35.4 Å². The molecule has 632 valence electrons. The standard InChI is InChI=1S/C95H103N13O14/c1-89(2,96)82(115)97-70(54-60-34-22-16-23-35-60)76(109)103-90(3,4)83(116)98-71(55-61-36-24-17-25-37-61)77(110)104-91(5,6)84(117)99-72(56-62-38-26-18-27-39-62)78(111)105-92(7,8)85(118)100-73(57-63-40-28-19-29-41-63)79(112)106-93(9,10)86(119)101-74(58-64-46-50-68(51-47-64)66-42-30-20-31-43-66)80(113)107-94(11,12)87(120)102-75(81(114)108-95(13,14)88(121)122-15)59-65-48-52-69(53-49-65)67-44-32-21-33-45-67/h16-59H,96H2,1-15H3,(H,97,115)(H,98,116)(H,99,117)(H,100,118)(H,101,119)(H,102,120)(H,103,109)(H,104,110)(H,105,111)(H,106,112)(H,107,113)(H,108,114)/b70-54-,71-55-,72-56-,73-57-,74-58-,75-59-. The molecular formula is C95H103N13O14. The highest BCUT2D eigenvalue weighted by Gasteiger charge is 2.41. The predicted octanol–water partition coefficient (Wildman–Crippen LogP) is 9.54. The summed E-state index contributed by atoms with van der Waals surface area (Å²) < 4.78 is 4.93. The highest BCUT2D eigenvalue weighted by atomic mass is 16.5. The van der Waals surface area contributed by atoms with Crippen molar-refractivity contribution in [3.8, 4) is 22.3 Å². The van der Waals surface area contributed by atoms with Crippen LogP contribution in [0.3, 0.4) is 0 Å². The molecule has 0 spiro atoms. The Hall–Kier alpha value is -14.7. The number of hydrogen-bond acceptors (Lipinski definition) is 15. The maximum absolute atomic E-state index is 14.9. The third-order valence-corrected chi connectivity index (χ3v) is 18.7. The summed E-state index contributed by atoms with van der Waals surface area (Å²) in [5, 5.41) is 31.5. The zero-order chi connectivity index (χ0) is 89.5. The van der Waals surface area contributed by atoms with Gasteiger partial charge in [0.05, 0.1) is 12.6 Å². The van der Waals surface area contributed by atoms with Crippen molar-refractivity contribution < 1.29 is 67.1 Å². The summed E-state index contributed by atoms with van der Waals surface area (Å²) in [6, 6.07) is 66.6. The first-order valence-electron chi connectivity index (χ1n) is 38.9. The summed E-state index contributed by atoms with van der Waals surface area (Å²) in [6.45, 7) is 19.1. The van der Waals surface area contributed by atoms with Crippen molar-refractivity contribution in [2.75, 3.05) is 7.11 Å². The number of esters is 1. The van der Waals surface area contributed by atoms with Gasteiger partial charge in [-0.15, -0.1) is 0 Å². The molecule has 0 radical (unpaired) electrons. The zero-order valence-corrected chi connectivity index (χ0v) is 70.7. The molecule has 27 heteroatoms. The van der Waals surface area contributed by atoms with Crippen LogP contribution in [0.5, 0.6) is 0 Å². The number of benzene rings is 8. The van der Waals surface area contributed by atoms with Crippen LogP contribution < -0.4 is 69.5 Å². The molecule has 8 rings (SSSR count). The van der Waals surface area contributed by atoms with Crippen LogP contribution in [0.1, 0.15) is 130 Å². The summed E-state index contributed by atoms with van der Waals surface area (Å²) in [6.07, 6.45) is 8.10. The lowest BCUT2D eigenvalue weighted by Gasteiger charge is -2.30. The molecule has 0 aromatic heterocycles. The molecule has 0 heterocycles. The number of carbonyl (C=O) groups excluding carboxylic acids is 13. The Morgan fingerprint density at radius 2 is 0.393 bits per heavy atom. The Balaban J connectivity index is 1.01. The Morgan fingerprint density at radius 3 is 0.582 bits per heavy atom. The zero-order valence-electron chi connectivity index (χ0n) is 70.7. The maximum Gasteiger partial charge on any atom is 0.330 e.